The number of nitrogens with zero attached hydrogens (tertiary/aromatic N) is 1. The molecule has 0 aliphatic carbocycles. The molecule has 0 fully saturated rings. The van der Waals surface area contributed by atoms with Crippen molar-refractivity contribution < 1.29 is 4.79 Å². The van der Waals surface area contributed by atoms with Crippen molar-refractivity contribution in [2.45, 2.75) is 45.1 Å². The average molecular weight is 249 g/mol. The number of hydrogen-bond acceptors (Lipinski definition) is 3. The van der Waals surface area contributed by atoms with Gasteiger partial charge in [0.15, 0.2) is 0 Å². The molecule has 0 bridgehead atoms. The monoisotopic (exact) mass is 249 g/mol. The summed E-state index contributed by atoms with van der Waals surface area (Å²) in [6.07, 6.45) is 7.95. The molecule has 18 heavy (non-hydrogen) atoms. The van der Waals surface area contributed by atoms with E-state index in [1.165, 1.54) is 0 Å². The zero-order valence-electron chi connectivity index (χ0n) is 11.1. The van der Waals surface area contributed by atoms with Crippen LogP contribution in [0.4, 0.5) is 0 Å². The van der Waals surface area contributed by atoms with Crippen molar-refractivity contribution >= 4 is 5.91 Å². The van der Waals surface area contributed by atoms with E-state index >= 15 is 0 Å². The van der Waals surface area contributed by atoms with Crippen LogP contribution in [0.1, 0.15) is 38.2 Å². The standard InChI is InChI=1S/C14H23N3O/c1-2-3-4-13(11-15)17-14(18)6-5-12-7-9-16-10-8-12/h7-10,13H,2-6,11,15H2,1H3,(H,17,18). The second-order valence-electron chi connectivity index (χ2n) is 4.50. The molecule has 1 heterocycles. The van der Waals surface area contributed by atoms with Crippen LogP contribution in [0, 0.1) is 0 Å². The van der Waals surface area contributed by atoms with Crippen molar-refractivity contribution in [3.63, 3.8) is 0 Å². The van der Waals surface area contributed by atoms with Crippen molar-refractivity contribution in [3.8, 4) is 0 Å². The van der Waals surface area contributed by atoms with Gasteiger partial charge in [-0.1, -0.05) is 19.8 Å². The normalized spacial score (nSPS) is 12.1. The molecule has 1 aromatic heterocycles. The maximum atomic E-state index is 11.8. The van der Waals surface area contributed by atoms with Gasteiger partial charge in [-0.05, 0) is 30.5 Å². The number of aryl methyl sites for hydroxylation is 1. The molecule has 0 aromatic carbocycles. The first-order valence-corrected chi connectivity index (χ1v) is 6.64. The predicted octanol–water partition coefficient (Wildman–Crippen LogP) is 1.65. The number of aromatic nitrogens is 1. The average Bonchev–Trinajstić information content (AvgIpc) is 2.42. The highest BCUT2D eigenvalue weighted by Gasteiger charge is 2.09. The fourth-order valence-electron chi connectivity index (χ4n) is 1.81. The van der Waals surface area contributed by atoms with Crippen LogP contribution in [0.5, 0.6) is 0 Å². The highest BCUT2D eigenvalue weighted by atomic mass is 16.1. The molecule has 1 aromatic rings. The first kappa shape index (κ1) is 14.6. The molecular weight excluding hydrogens is 226 g/mol. The summed E-state index contributed by atoms with van der Waals surface area (Å²) < 4.78 is 0. The van der Waals surface area contributed by atoms with Crippen molar-refractivity contribution in [3.05, 3.63) is 30.1 Å². The van der Waals surface area contributed by atoms with Gasteiger partial charge in [0.05, 0.1) is 0 Å². The van der Waals surface area contributed by atoms with E-state index in [-0.39, 0.29) is 11.9 Å². The van der Waals surface area contributed by atoms with E-state index in [1.54, 1.807) is 12.4 Å². The third-order valence-electron chi connectivity index (χ3n) is 2.95. The molecule has 1 amide bonds. The van der Waals surface area contributed by atoms with Crippen LogP contribution >= 0.6 is 0 Å². The molecule has 4 nitrogen and oxygen atoms in total. The molecule has 1 rings (SSSR count). The van der Waals surface area contributed by atoms with Gasteiger partial charge in [0.25, 0.3) is 0 Å². The molecule has 3 N–H and O–H groups in total. The Morgan fingerprint density at radius 3 is 2.78 bits per heavy atom. The number of pyridine rings is 1. The van der Waals surface area contributed by atoms with E-state index in [4.69, 9.17) is 5.73 Å². The molecule has 1 atom stereocenters. The summed E-state index contributed by atoms with van der Waals surface area (Å²) in [5.41, 5.74) is 6.78. The maximum absolute atomic E-state index is 11.8. The molecule has 0 spiro atoms. The van der Waals surface area contributed by atoms with Crippen LogP contribution in [-0.4, -0.2) is 23.5 Å². The van der Waals surface area contributed by atoms with Crippen molar-refractivity contribution in [1.82, 2.24) is 10.3 Å². The van der Waals surface area contributed by atoms with E-state index in [0.717, 1.165) is 31.2 Å². The zero-order chi connectivity index (χ0) is 13.2. The van der Waals surface area contributed by atoms with Gasteiger partial charge in [0.2, 0.25) is 5.91 Å². The molecule has 1 unspecified atom stereocenters. The number of rotatable bonds is 8. The van der Waals surface area contributed by atoms with Crippen LogP contribution in [0.15, 0.2) is 24.5 Å². The Morgan fingerprint density at radius 2 is 2.17 bits per heavy atom. The first-order chi connectivity index (χ1) is 8.76. The smallest absolute Gasteiger partial charge is 0.220 e. The molecule has 0 radical (unpaired) electrons. The van der Waals surface area contributed by atoms with Crippen molar-refractivity contribution in [2.24, 2.45) is 5.73 Å². The Morgan fingerprint density at radius 1 is 1.44 bits per heavy atom. The zero-order valence-corrected chi connectivity index (χ0v) is 11.1. The number of amides is 1. The third-order valence-corrected chi connectivity index (χ3v) is 2.95. The third kappa shape index (κ3) is 5.77. The SMILES string of the molecule is CCCCC(CN)NC(=O)CCc1ccncc1. The summed E-state index contributed by atoms with van der Waals surface area (Å²) in [4.78, 5) is 15.7. The Bertz CT molecular complexity index is 340. The van der Waals surface area contributed by atoms with Crippen LogP contribution in [0.3, 0.4) is 0 Å². The van der Waals surface area contributed by atoms with Crippen molar-refractivity contribution in [2.75, 3.05) is 6.54 Å². The minimum absolute atomic E-state index is 0.0818. The number of nitrogens with two attached hydrogens (primary N) is 1. The van der Waals surface area contributed by atoms with Crippen LogP contribution in [0.2, 0.25) is 0 Å². The van der Waals surface area contributed by atoms with Gasteiger partial charge in [0.1, 0.15) is 0 Å². The summed E-state index contributed by atoms with van der Waals surface area (Å²) in [5.74, 6) is 0.0818. The second kappa shape index (κ2) is 8.64. The Balaban J connectivity index is 2.28. The lowest BCUT2D eigenvalue weighted by Gasteiger charge is -2.16. The van der Waals surface area contributed by atoms with Crippen LogP contribution in [-0.2, 0) is 11.2 Å². The van der Waals surface area contributed by atoms with Gasteiger partial charge in [-0.2, -0.15) is 0 Å². The second-order valence-corrected chi connectivity index (χ2v) is 4.50. The van der Waals surface area contributed by atoms with Crippen LogP contribution < -0.4 is 11.1 Å². The van der Waals surface area contributed by atoms with E-state index in [9.17, 15) is 4.79 Å². The van der Waals surface area contributed by atoms with Gasteiger partial charge in [-0.3, -0.25) is 9.78 Å². The Labute approximate surface area is 109 Å². The predicted molar refractivity (Wildman–Crippen MR) is 73.1 cm³/mol. The molecular formula is C14H23N3O. The summed E-state index contributed by atoms with van der Waals surface area (Å²) in [6, 6.07) is 3.99. The summed E-state index contributed by atoms with van der Waals surface area (Å²) >= 11 is 0. The maximum Gasteiger partial charge on any atom is 0.220 e. The Kier molecular flexibility index (Phi) is 7.03. The fraction of sp³-hybridized carbons (Fsp3) is 0.571. The minimum atomic E-state index is 0.0818. The first-order valence-electron chi connectivity index (χ1n) is 6.64. The number of carbonyl (C=O) groups excluding carboxylic acids is 1. The van der Waals surface area contributed by atoms with Gasteiger partial charge in [0, 0.05) is 31.4 Å². The fourth-order valence-corrected chi connectivity index (χ4v) is 1.81. The lowest BCUT2D eigenvalue weighted by atomic mass is 10.1. The Hall–Kier alpha value is -1.42. The molecule has 0 aliphatic rings. The molecule has 0 saturated carbocycles. The van der Waals surface area contributed by atoms with Gasteiger partial charge < -0.3 is 11.1 Å². The summed E-state index contributed by atoms with van der Waals surface area (Å²) in [7, 11) is 0. The van der Waals surface area contributed by atoms with Gasteiger partial charge in [-0.25, -0.2) is 0 Å². The highest BCUT2D eigenvalue weighted by Crippen LogP contribution is 2.03. The van der Waals surface area contributed by atoms with Gasteiger partial charge in [-0.15, -0.1) is 0 Å². The van der Waals surface area contributed by atoms with Gasteiger partial charge >= 0.3 is 0 Å². The summed E-state index contributed by atoms with van der Waals surface area (Å²) in [6.45, 7) is 2.65. The largest absolute Gasteiger partial charge is 0.352 e. The minimum Gasteiger partial charge on any atom is -0.352 e. The number of unbranched alkanes of at least 4 members (excludes halogenated alkanes) is 1. The number of hydrogen-bond donors (Lipinski definition) is 2. The lowest BCUT2D eigenvalue weighted by molar-refractivity contribution is -0.121. The van der Waals surface area contributed by atoms with E-state index in [2.05, 4.69) is 17.2 Å². The molecule has 0 aliphatic heterocycles. The number of nitrogens with one attached hydrogen (secondary N) is 1. The number of carbonyl (C=O) groups is 1. The van der Waals surface area contributed by atoms with Crippen LogP contribution in [0.25, 0.3) is 0 Å². The quantitative estimate of drug-likeness (QED) is 0.736. The lowest BCUT2D eigenvalue weighted by Crippen LogP contribution is -2.40. The molecule has 100 valence electrons. The summed E-state index contributed by atoms with van der Waals surface area (Å²) in [5, 5.41) is 2.99. The molecule has 0 saturated heterocycles. The molecule has 4 heteroatoms. The van der Waals surface area contributed by atoms with Crippen molar-refractivity contribution in [1.29, 1.82) is 0 Å². The topological polar surface area (TPSA) is 68.0 Å². The van der Waals surface area contributed by atoms with E-state index < -0.39 is 0 Å². The highest BCUT2D eigenvalue weighted by molar-refractivity contribution is 5.76. The van der Waals surface area contributed by atoms with E-state index in [0.29, 0.717) is 13.0 Å². The van der Waals surface area contributed by atoms with E-state index in [1.807, 2.05) is 12.1 Å².